The third-order valence-electron chi connectivity index (χ3n) is 2.82. The van der Waals surface area contributed by atoms with Crippen molar-refractivity contribution in [3.05, 3.63) is 45.9 Å². The van der Waals surface area contributed by atoms with Gasteiger partial charge in [-0.1, -0.05) is 25.1 Å². The van der Waals surface area contributed by atoms with E-state index in [0.717, 1.165) is 30.1 Å². The number of hydrogen-bond donors (Lipinski definition) is 1. The van der Waals surface area contributed by atoms with Crippen LogP contribution in [0.15, 0.2) is 30.3 Å². The molecule has 1 N–H and O–H groups in total. The van der Waals surface area contributed by atoms with Crippen molar-refractivity contribution in [2.75, 3.05) is 13.7 Å². The smallest absolute Gasteiger partial charge is 0.119 e. The van der Waals surface area contributed by atoms with Crippen LogP contribution < -0.4 is 10.1 Å². The molecule has 0 fully saturated rings. The fourth-order valence-corrected chi connectivity index (χ4v) is 3.04. The number of hydrogen-bond acceptors (Lipinski definition) is 4. The number of benzene rings is 1. The Balaban J connectivity index is 1.89. The maximum Gasteiger partial charge on any atom is 0.119 e. The number of para-hydroxylation sites is 1. The topological polar surface area (TPSA) is 34.1 Å². The Bertz CT molecular complexity index is 496. The SMILES string of the molecule is CCc1nc(CCOc2ccccc2)sc1CNC. The van der Waals surface area contributed by atoms with Crippen molar-refractivity contribution in [2.45, 2.75) is 26.3 Å². The minimum atomic E-state index is 0.680. The molecule has 1 aromatic carbocycles. The molecule has 1 aromatic heterocycles. The summed E-state index contributed by atoms with van der Waals surface area (Å²) in [7, 11) is 1.97. The monoisotopic (exact) mass is 276 g/mol. The molecule has 4 heteroatoms. The van der Waals surface area contributed by atoms with Crippen molar-refractivity contribution in [2.24, 2.45) is 0 Å². The van der Waals surface area contributed by atoms with E-state index >= 15 is 0 Å². The average Bonchev–Trinajstić information content (AvgIpc) is 2.83. The van der Waals surface area contributed by atoms with E-state index in [2.05, 4.69) is 17.2 Å². The fraction of sp³-hybridized carbons (Fsp3) is 0.400. The Kier molecular flexibility index (Phi) is 5.36. The molecular weight excluding hydrogens is 256 g/mol. The van der Waals surface area contributed by atoms with Gasteiger partial charge in [-0.15, -0.1) is 11.3 Å². The van der Waals surface area contributed by atoms with Gasteiger partial charge in [0.25, 0.3) is 0 Å². The second-order valence-electron chi connectivity index (χ2n) is 4.27. The summed E-state index contributed by atoms with van der Waals surface area (Å²) in [6.45, 7) is 3.73. The third-order valence-corrected chi connectivity index (χ3v) is 3.98. The Morgan fingerprint density at radius 3 is 2.74 bits per heavy atom. The van der Waals surface area contributed by atoms with Crippen molar-refractivity contribution in [1.29, 1.82) is 0 Å². The van der Waals surface area contributed by atoms with E-state index < -0.39 is 0 Å². The fourth-order valence-electron chi connectivity index (χ4n) is 1.89. The Morgan fingerprint density at radius 1 is 1.26 bits per heavy atom. The number of nitrogens with one attached hydrogen (secondary N) is 1. The van der Waals surface area contributed by atoms with E-state index in [-0.39, 0.29) is 0 Å². The Morgan fingerprint density at radius 2 is 2.05 bits per heavy atom. The second kappa shape index (κ2) is 7.26. The molecular formula is C15H20N2OS. The van der Waals surface area contributed by atoms with Crippen LogP contribution >= 0.6 is 11.3 Å². The molecule has 0 amide bonds. The number of ether oxygens (including phenoxy) is 1. The molecule has 0 aliphatic heterocycles. The largest absolute Gasteiger partial charge is 0.493 e. The Hall–Kier alpha value is -1.39. The van der Waals surface area contributed by atoms with Crippen molar-refractivity contribution < 1.29 is 4.74 Å². The lowest BCUT2D eigenvalue weighted by atomic mass is 10.3. The number of thiazole rings is 1. The van der Waals surface area contributed by atoms with E-state index in [1.165, 1.54) is 10.6 Å². The molecule has 3 nitrogen and oxygen atoms in total. The predicted molar refractivity (Wildman–Crippen MR) is 79.9 cm³/mol. The summed E-state index contributed by atoms with van der Waals surface area (Å²) in [5.74, 6) is 0.921. The van der Waals surface area contributed by atoms with Gasteiger partial charge in [0.15, 0.2) is 0 Å². The molecule has 0 radical (unpaired) electrons. The van der Waals surface area contributed by atoms with Crippen molar-refractivity contribution in [1.82, 2.24) is 10.3 Å². The van der Waals surface area contributed by atoms with E-state index in [0.29, 0.717) is 6.61 Å². The molecule has 0 bridgehead atoms. The summed E-state index contributed by atoms with van der Waals surface area (Å²) in [6.07, 6.45) is 1.86. The lowest BCUT2D eigenvalue weighted by Gasteiger charge is -2.03. The zero-order chi connectivity index (χ0) is 13.5. The predicted octanol–water partition coefficient (Wildman–Crippen LogP) is 3.05. The highest BCUT2D eigenvalue weighted by molar-refractivity contribution is 7.11. The van der Waals surface area contributed by atoms with Gasteiger partial charge in [-0.05, 0) is 25.6 Å². The first-order chi connectivity index (χ1) is 9.33. The zero-order valence-corrected chi connectivity index (χ0v) is 12.3. The Labute approximate surface area is 118 Å². The molecule has 0 atom stereocenters. The van der Waals surface area contributed by atoms with Gasteiger partial charge in [0.05, 0.1) is 17.3 Å². The van der Waals surface area contributed by atoms with Crippen LogP contribution in [-0.4, -0.2) is 18.6 Å². The maximum atomic E-state index is 5.70. The first-order valence-electron chi connectivity index (χ1n) is 6.63. The van der Waals surface area contributed by atoms with E-state index in [9.17, 15) is 0 Å². The standard InChI is InChI=1S/C15H20N2OS/c1-3-13-14(11-16-2)19-15(17-13)9-10-18-12-7-5-4-6-8-12/h4-8,16H,3,9-11H2,1-2H3. The highest BCUT2D eigenvalue weighted by Crippen LogP contribution is 2.20. The number of rotatable bonds is 7. The quantitative estimate of drug-likeness (QED) is 0.844. The van der Waals surface area contributed by atoms with Gasteiger partial charge in [-0.3, -0.25) is 0 Å². The van der Waals surface area contributed by atoms with Gasteiger partial charge < -0.3 is 10.1 Å². The summed E-state index contributed by atoms with van der Waals surface area (Å²) in [5, 5.41) is 4.36. The molecule has 1 heterocycles. The summed E-state index contributed by atoms with van der Waals surface area (Å²) >= 11 is 1.79. The lowest BCUT2D eigenvalue weighted by molar-refractivity contribution is 0.321. The number of nitrogens with zero attached hydrogens (tertiary/aromatic N) is 1. The first kappa shape index (κ1) is 14.0. The van der Waals surface area contributed by atoms with E-state index in [1.807, 2.05) is 37.4 Å². The summed E-state index contributed by atoms with van der Waals surface area (Å²) in [4.78, 5) is 6.02. The van der Waals surface area contributed by atoms with Crippen LogP contribution in [-0.2, 0) is 19.4 Å². The van der Waals surface area contributed by atoms with Crippen LogP contribution in [0.2, 0.25) is 0 Å². The zero-order valence-electron chi connectivity index (χ0n) is 11.5. The molecule has 0 unspecified atom stereocenters. The van der Waals surface area contributed by atoms with Gasteiger partial charge in [0.1, 0.15) is 5.75 Å². The minimum Gasteiger partial charge on any atom is -0.493 e. The lowest BCUT2D eigenvalue weighted by Crippen LogP contribution is -2.05. The molecule has 0 spiro atoms. The summed E-state index contributed by atoms with van der Waals surface area (Å²) < 4.78 is 5.70. The molecule has 2 aromatic rings. The van der Waals surface area contributed by atoms with Crippen LogP contribution in [0.1, 0.15) is 22.5 Å². The van der Waals surface area contributed by atoms with Crippen LogP contribution in [0.5, 0.6) is 5.75 Å². The molecule has 2 rings (SSSR count). The van der Waals surface area contributed by atoms with Crippen molar-refractivity contribution in [3.63, 3.8) is 0 Å². The molecule has 0 saturated carbocycles. The first-order valence-corrected chi connectivity index (χ1v) is 7.45. The second-order valence-corrected chi connectivity index (χ2v) is 5.44. The van der Waals surface area contributed by atoms with E-state index in [4.69, 9.17) is 4.74 Å². The van der Waals surface area contributed by atoms with Gasteiger partial charge in [0.2, 0.25) is 0 Å². The maximum absolute atomic E-state index is 5.70. The molecule has 0 aliphatic rings. The molecule has 102 valence electrons. The minimum absolute atomic E-state index is 0.680. The van der Waals surface area contributed by atoms with Crippen LogP contribution in [0.25, 0.3) is 0 Å². The number of aryl methyl sites for hydroxylation is 1. The van der Waals surface area contributed by atoms with Crippen LogP contribution in [0.4, 0.5) is 0 Å². The van der Waals surface area contributed by atoms with E-state index in [1.54, 1.807) is 11.3 Å². The number of aromatic nitrogens is 1. The normalized spacial score (nSPS) is 10.6. The van der Waals surface area contributed by atoms with Crippen LogP contribution in [0, 0.1) is 0 Å². The third kappa shape index (κ3) is 4.04. The highest BCUT2D eigenvalue weighted by Gasteiger charge is 2.08. The summed E-state index contributed by atoms with van der Waals surface area (Å²) in [5.41, 5.74) is 1.22. The molecule has 19 heavy (non-hydrogen) atoms. The van der Waals surface area contributed by atoms with Crippen LogP contribution in [0.3, 0.4) is 0 Å². The summed E-state index contributed by atoms with van der Waals surface area (Å²) in [6, 6.07) is 9.92. The van der Waals surface area contributed by atoms with Gasteiger partial charge >= 0.3 is 0 Å². The average molecular weight is 276 g/mol. The van der Waals surface area contributed by atoms with Gasteiger partial charge in [0, 0.05) is 17.8 Å². The van der Waals surface area contributed by atoms with Crippen molar-refractivity contribution >= 4 is 11.3 Å². The van der Waals surface area contributed by atoms with Gasteiger partial charge in [-0.2, -0.15) is 0 Å². The van der Waals surface area contributed by atoms with Crippen molar-refractivity contribution in [3.8, 4) is 5.75 Å². The van der Waals surface area contributed by atoms with Gasteiger partial charge in [-0.25, -0.2) is 4.98 Å². The highest BCUT2D eigenvalue weighted by atomic mass is 32.1. The molecule has 0 saturated heterocycles. The molecule has 0 aliphatic carbocycles.